The van der Waals surface area contributed by atoms with Crippen LogP contribution >= 0.6 is 0 Å². The van der Waals surface area contributed by atoms with Crippen LogP contribution in [0.25, 0.3) is 0 Å². The molecule has 0 saturated heterocycles. The maximum absolute atomic E-state index is 14.9. The van der Waals surface area contributed by atoms with Gasteiger partial charge in [-0.15, -0.1) is 11.8 Å². The average molecular weight is 555 g/mol. The smallest absolute Gasteiger partial charge is 0.432 e. The van der Waals surface area contributed by atoms with E-state index in [0.29, 0.717) is 17.2 Å². The maximum atomic E-state index is 14.9. The highest BCUT2D eigenvalue weighted by Crippen LogP contribution is 2.40. The predicted octanol–water partition coefficient (Wildman–Crippen LogP) is 10.4. The van der Waals surface area contributed by atoms with E-state index in [9.17, 15) is 13.2 Å². The van der Waals surface area contributed by atoms with Crippen molar-refractivity contribution in [2.45, 2.75) is 115 Å². The van der Waals surface area contributed by atoms with Gasteiger partial charge in [0, 0.05) is 12.5 Å². The molecule has 2 saturated carbocycles. The SMILES string of the molecule is CC#CCCC1CCC(c2ccc(OCC(F)(F)Oc3ccc(C4CCC(CCCC)CC4)c(F)c3)cc2)CC1. The van der Waals surface area contributed by atoms with Gasteiger partial charge in [0.2, 0.25) is 0 Å². The van der Waals surface area contributed by atoms with Gasteiger partial charge in [-0.3, -0.25) is 0 Å². The zero-order valence-corrected chi connectivity index (χ0v) is 24.2. The van der Waals surface area contributed by atoms with Crippen LogP contribution < -0.4 is 9.47 Å². The quantitative estimate of drug-likeness (QED) is 0.243. The Balaban J connectivity index is 1.23. The molecule has 0 bridgehead atoms. The molecule has 0 radical (unpaired) electrons. The van der Waals surface area contributed by atoms with E-state index in [1.165, 1.54) is 50.2 Å². The Morgan fingerprint density at radius 2 is 1.45 bits per heavy atom. The average Bonchev–Trinajstić information content (AvgIpc) is 2.96. The van der Waals surface area contributed by atoms with Crippen LogP contribution in [-0.4, -0.2) is 12.7 Å². The van der Waals surface area contributed by atoms with E-state index >= 15 is 0 Å². The summed E-state index contributed by atoms with van der Waals surface area (Å²) in [7, 11) is 0. The lowest BCUT2D eigenvalue weighted by Crippen LogP contribution is -2.32. The fourth-order valence-corrected chi connectivity index (χ4v) is 6.55. The molecule has 0 atom stereocenters. The Bertz CT molecular complexity index is 1100. The molecule has 0 heterocycles. The van der Waals surface area contributed by atoms with Crippen molar-refractivity contribution in [1.82, 2.24) is 0 Å². The summed E-state index contributed by atoms with van der Waals surface area (Å²) in [5.41, 5.74) is 1.84. The van der Waals surface area contributed by atoms with Crippen molar-refractivity contribution in [3.05, 3.63) is 59.4 Å². The largest absolute Gasteiger partial charge is 0.483 e. The monoisotopic (exact) mass is 554 g/mol. The summed E-state index contributed by atoms with van der Waals surface area (Å²) in [6.45, 7) is 3.15. The highest BCUT2D eigenvalue weighted by Gasteiger charge is 2.34. The second-order valence-corrected chi connectivity index (χ2v) is 11.8. The van der Waals surface area contributed by atoms with Crippen LogP contribution in [-0.2, 0) is 0 Å². The molecule has 2 aliphatic rings. The predicted molar refractivity (Wildman–Crippen MR) is 156 cm³/mol. The molecule has 5 heteroatoms. The van der Waals surface area contributed by atoms with E-state index in [1.54, 1.807) is 18.2 Å². The van der Waals surface area contributed by atoms with Gasteiger partial charge in [-0.1, -0.05) is 44.4 Å². The summed E-state index contributed by atoms with van der Waals surface area (Å²) in [6, 6.07) is 11.6. The number of hydrogen-bond acceptors (Lipinski definition) is 2. The van der Waals surface area contributed by atoms with Crippen molar-refractivity contribution < 1.29 is 22.6 Å². The molecular formula is C35H45F3O2. The molecule has 0 aliphatic heterocycles. The third-order valence-electron chi connectivity index (χ3n) is 8.95. The van der Waals surface area contributed by atoms with Crippen LogP contribution in [0.4, 0.5) is 13.2 Å². The molecule has 2 nitrogen and oxygen atoms in total. The molecule has 2 aromatic rings. The molecule has 0 N–H and O–H groups in total. The van der Waals surface area contributed by atoms with E-state index in [1.807, 2.05) is 19.1 Å². The van der Waals surface area contributed by atoms with Crippen molar-refractivity contribution in [3.8, 4) is 23.3 Å². The number of halogens is 3. The summed E-state index contributed by atoms with van der Waals surface area (Å²) in [4.78, 5) is 0. The van der Waals surface area contributed by atoms with Gasteiger partial charge >= 0.3 is 6.11 Å². The highest BCUT2D eigenvalue weighted by molar-refractivity contribution is 5.32. The van der Waals surface area contributed by atoms with Gasteiger partial charge in [0.1, 0.15) is 17.3 Å². The minimum absolute atomic E-state index is 0.148. The third kappa shape index (κ3) is 8.95. The summed E-state index contributed by atoms with van der Waals surface area (Å²) in [5.74, 6) is 7.98. The van der Waals surface area contributed by atoms with Crippen molar-refractivity contribution in [3.63, 3.8) is 0 Å². The van der Waals surface area contributed by atoms with E-state index in [4.69, 9.17) is 9.47 Å². The summed E-state index contributed by atoms with van der Waals surface area (Å²) >= 11 is 0. The fourth-order valence-electron chi connectivity index (χ4n) is 6.55. The summed E-state index contributed by atoms with van der Waals surface area (Å²) in [5, 5.41) is 0. The van der Waals surface area contributed by atoms with Gasteiger partial charge in [0.05, 0.1) is 0 Å². The highest BCUT2D eigenvalue weighted by atomic mass is 19.3. The Labute approximate surface area is 239 Å². The lowest BCUT2D eigenvalue weighted by atomic mass is 9.77. The summed E-state index contributed by atoms with van der Waals surface area (Å²) in [6.07, 6.45) is 11.1. The normalized spacial score (nSPS) is 23.2. The van der Waals surface area contributed by atoms with Gasteiger partial charge < -0.3 is 9.47 Å². The molecule has 2 aliphatic carbocycles. The topological polar surface area (TPSA) is 18.5 Å². The molecule has 0 amide bonds. The number of alkyl halides is 2. The van der Waals surface area contributed by atoms with Crippen LogP contribution in [0.1, 0.15) is 120 Å². The number of benzene rings is 2. The van der Waals surface area contributed by atoms with Crippen molar-refractivity contribution in [2.75, 3.05) is 6.61 Å². The first kappa shape index (κ1) is 30.4. The second kappa shape index (κ2) is 14.9. The molecule has 0 unspecified atom stereocenters. The molecule has 218 valence electrons. The maximum Gasteiger partial charge on any atom is 0.432 e. The molecule has 4 rings (SSSR count). The molecular weight excluding hydrogens is 509 g/mol. The van der Waals surface area contributed by atoms with Crippen molar-refractivity contribution in [2.24, 2.45) is 11.8 Å². The van der Waals surface area contributed by atoms with Gasteiger partial charge in [-0.2, -0.15) is 8.78 Å². The molecule has 2 fully saturated rings. The van der Waals surface area contributed by atoms with Crippen LogP contribution in [0.5, 0.6) is 11.5 Å². The van der Waals surface area contributed by atoms with E-state index in [2.05, 4.69) is 18.8 Å². The zero-order valence-electron chi connectivity index (χ0n) is 24.2. The number of unbranched alkanes of at least 4 members (excludes halogenated alkanes) is 1. The number of hydrogen-bond donors (Lipinski definition) is 0. The minimum atomic E-state index is -3.58. The van der Waals surface area contributed by atoms with Crippen LogP contribution in [0.3, 0.4) is 0 Å². The van der Waals surface area contributed by atoms with Crippen LogP contribution in [0.15, 0.2) is 42.5 Å². The minimum Gasteiger partial charge on any atom is -0.483 e. The third-order valence-corrected chi connectivity index (χ3v) is 8.95. The van der Waals surface area contributed by atoms with Gasteiger partial charge in [-0.05, 0) is 118 Å². The zero-order chi connectivity index (χ0) is 28.4. The second-order valence-electron chi connectivity index (χ2n) is 11.8. The molecule has 2 aromatic carbocycles. The summed E-state index contributed by atoms with van der Waals surface area (Å²) < 4.78 is 54.2. The van der Waals surface area contributed by atoms with Crippen LogP contribution in [0.2, 0.25) is 0 Å². The number of rotatable bonds is 12. The molecule has 0 aromatic heterocycles. The molecule has 0 spiro atoms. The Hall–Kier alpha value is -2.61. The lowest BCUT2D eigenvalue weighted by Gasteiger charge is -2.29. The first-order valence-electron chi connectivity index (χ1n) is 15.4. The van der Waals surface area contributed by atoms with Crippen molar-refractivity contribution in [1.29, 1.82) is 0 Å². The van der Waals surface area contributed by atoms with E-state index in [-0.39, 0.29) is 11.7 Å². The van der Waals surface area contributed by atoms with Crippen molar-refractivity contribution >= 4 is 0 Å². The first-order chi connectivity index (χ1) is 19.4. The first-order valence-corrected chi connectivity index (χ1v) is 15.4. The van der Waals surface area contributed by atoms with E-state index < -0.39 is 18.5 Å². The Morgan fingerprint density at radius 3 is 2.08 bits per heavy atom. The standard InChI is InChI=1S/C35H45F3O2/c1-3-5-7-9-27-10-14-28(15-11-27)29-18-20-31(21-19-29)39-25-35(37,38)40-32-22-23-33(34(36)24-32)30-16-12-26(13-17-30)8-6-4-2/h18-24,26-28,30H,4,6-17,25H2,1-2H3. The Kier molecular flexibility index (Phi) is 11.3. The van der Waals surface area contributed by atoms with Gasteiger partial charge in [0.25, 0.3) is 0 Å². The van der Waals surface area contributed by atoms with E-state index in [0.717, 1.165) is 62.8 Å². The lowest BCUT2D eigenvalue weighted by molar-refractivity contribution is -0.195. The molecule has 40 heavy (non-hydrogen) atoms. The van der Waals surface area contributed by atoms with Gasteiger partial charge in [0.15, 0.2) is 6.61 Å². The van der Waals surface area contributed by atoms with Gasteiger partial charge in [-0.25, -0.2) is 4.39 Å². The van der Waals surface area contributed by atoms with Crippen LogP contribution in [0, 0.1) is 29.5 Å². The number of ether oxygens (including phenoxy) is 2. The Morgan fingerprint density at radius 1 is 0.825 bits per heavy atom. The fraction of sp³-hybridized carbons (Fsp3) is 0.600.